The largest absolute Gasteiger partial charge is 0.375 e. The Hall–Kier alpha value is -1.37. The van der Waals surface area contributed by atoms with Crippen LogP contribution in [0.4, 0.5) is 0 Å². The molecule has 0 unspecified atom stereocenters. The van der Waals surface area contributed by atoms with E-state index in [-0.39, 0.29) is 0 Å². The quantitative estimate of drug-likeness (QED) is 0.684. The smallest absolute Gasteiger partial charge is 0.0991 e. The lowest BCUT2D eigenvalue weighted by Gasteiger charge is -2.09. The van der Waals surface area contributed by atoms with Crippen LogP contribution >= 0.6 is 0 Å². The van der Waals surface area contributed by atoms with Crippen LogP contribution in [0.2, 0.25) is 0 Å². The van der Waals surface area contributed by atoms with E-state index in [1.54, 1.807) is 0 Å². The zero-order valence-corrected chi connectivity index (χ0v) is 9.23. The van der Waals surface area contributed by atoms with Crippen LogP contribution in [0.15, 0.2) is 24.3 Å². The lowest BCUT2D eigenvalue weighted by atomic mass is 10.2. The molecule has 0 aliphatic rings. The van der Waals surface area contributed by atoms with Gasteiger partial charge in [0, 0.05) is 6.54 Å². The number of hydrogen-bond acceptors (Lipinski definition) is 3. The molecule has 0 saturated carbocycles. The summed E-state index contributed by atoms with van der Waals surface area (Å²) in [5.41, 5.74) is 1.79. The number of rotatable bonds is 5. The van der Waals surface area contributed by atoms with Crippen molar-refractivity contribution in [1.29, 1.82) is 5.26 Å². The summed E-state index contributed by atoms with van der Waals surface area (Å²) in [6, 6.07) is 9.56. The molecule has 80 valence electrons. The van der Waals surface area contributed by atoms with Gasteiger partial charge in [-0.15, -0.1) is 0 Å². The van der Waals surface area contributed by atoms with Crippen LogP contribution < -0.4 is 0 Å². The van der Waals surface area contributed by atoms with Gasteiger partial charge >= 0.3 is 0 Å². The second kappa shape index (κ2) is 6.18. The fourth-order valence-corrected chi connectivity index (χ4v) is 1.11. The maximum Gasteiger partial charge on any atom is 0.0991 e. The highest BCUT2D eigenvalue weighted by Crippen LogP contribution is 2.04. The van der Waals surface area contributed by atoms with Gasteiger partial charge < -0.3 is 9.64 Å². The Bertz CT molecular complexity index is 324. The Balaban J connectivity index is 2.29. The zero-order valence-electron chi connectivity index (χ0n) is 9.23. The average Bonchev–Trinajstić information content (AvgIpc) is 2.25. The fourth-order valence-electron chi connectivity index (χ4n) is 1.11. The fraction of sp³-hybridized carbons (Fsp3) is 0.417. The molecule has 3 nitrogen and oxygen atoms in total. The van der Waals surface area contributed by atoms with Gasteiger partial charge in [-0.05, 0) is 31.8 Å². The van der Waals surface area contributed by atoms with Crippen LogP contribution in [0.1, 0.15) is 11.1 Å². The van der Waals surface area contributed by atoms with E-state index < -0.39 is 0 Å². The van der Waals surface area contributed by atoms with E-state index in [1.165, 1.54) is 0 Å². The first-order valence-corrected chi connectivity index (χ1v) is 4.94. The second-order valence-corrected chi connectivity index (χ2v) is 3.66. The van der Waals surface area contributed by atoms with Crippen molar-refractivity contribution in [3.63, 3.8) is 0 Å². The third kappa shape index (κ3) is 4.59. The van der Waals surface area contributed by atoms with Crippen molar-refractivity contribution in [1.82, 2.24) is 4.90 Å². The van der Waals surface area contributed by atoms with Crippen molar-refractivity contribution < 1.29 is 4.74 Å². The van der Waals surface area contributed by atoms with Crippen LogP contribution in [0.3, 0.4) is 0 Å². The Labute approximate surface area is 90.9 Å². The molecule has 0 saturated heterocycles. The number of likely N-dealkylation sites (N-methyl/N-ethyl adjacent to an activating group) is 1. The Morgan fingerprint density at radius 3 is 2.47 bits per heavy atom. The summed E-state index contributed by atoms with van der Waals surface area (Å²) < 4.78 is 5.48. The van der Waals surface area contributed by atoms with Crippen LogP contribution in [-0.2, 0) is 11.3 Å². The predicted molar refractivity (Wildman–Crippen MR) is 59.4 cm³/mol. The van der Waals surface area contributed by atoms with E-state index in [1.807, 2.05) is 38.4 Å². The number of benzene rings is 1. The molecule has 1 rings (SSSR count). The summed E-state index contributed by atoms with van der Waals surface area (Å²) in [6.07, 6.45) is 0. The molecule has 0 amide bonds. The summed E-state index contributed by atoms with van der Waals surface area (Å²) in [5, 5.41) is 8.62. The monoisotopic (exact) mass is 204 g/mol. The van der Waals surface area contributed by atoms with Crippen molar-refractivity contribution in [2.75, 3.05) is 27.2 Å². The molecule has 0 atom stereocenters. The highest BCUT2D eigenvalue weighted by atomic mass is 16.5. The third-order valence-corrected chi connectivity index (χ3v) is 2.03. The summed E-state index contributed by atoms with van der Waals surface area (Å²) in [4.78, 5) is 2.08. The molecule has 0 fully saturated rings. The molecular weight excluding hydrogens is 188 g/mol. The minimum absolute atomic E-state index is 0.611. The third-order valence-electron chi connectivity index (χ3n) is 2.03. The van der Waals surface area contributed by atoms with Crippen LogP contribution in [0, 0.1) is 11.3 Å². The van der Waals surface area contributed by atoms with Crippen molar-refractivity contribution in [2.45, 2.75) is 6.61 Å². The van der Waals surface area contributed by atoms with Gasteiger partial charge in [-0.3, -0.25) is 0 Å². The Morgan fingerprint density at radius 2 is 1.93 bits per heavy atom. The Morgan fingerprint density at radius 1 is 1.27 bits per heavy atom. The van der Waals surface area contributed by atoms with Crippen molar-refractivity contribution in [2.24, 2.45) is 0 Å². The number of nitrogens with zero attached hydrogens (tertiary/aromatic N) is 2. The molecule has 0 bridgehead atoms. The highest BCUT2D eigenvalue weighted by Gasteiger charge is 1.95. The summed E-state index contributed by atoms with van der Waals surface area (Å²) in [7, 11) is 4.04. The SMILES string of the molecule is CN(C)CCOCc1ccc(C#N)cc1. The lowest BCUT2D eigenvalue weighted by Crippen LogP contribution is -2.17. The standard InChI is InChI=1S/C12H16N2O/c1-14(2)7-8-15-10-12-5-3-11(9-13)4-6-12/h3-6H,7-8,10H2,1-2H3. The van der Waals surface area contributed by atoms with Crippen molar-refractivity contribution in [3.8, 4) is 6.07 Å². The van der Waals surface area contributed by atoms with E-state index in [9.17, 15) is 0 Å². The van der Waals surface area contributed by atoms with Gasteiger partial charge in [-0.1, -0.05) is 12.1 Å². The van der Waals surface area contributed by atoms with Gasteiger partial charge in [0.1, 0.15) is 0 Å². The molecule has 3 heteroatoms. The molecule has 0 heterocycles. The molecule has 0 N–H and O–H groups in total. The molecular formula is C12H16N2O. The first kappa shape index (κ1) is 11.7. The zero-order chi connectivity index (χ0) is 11.1. The van der Waals surface area contributed by atoms with Crippen molar-refractivity contribution in [3.05, 3.63) is 35.4 Å². The molecule has 0 aliphatic carbocycles. The minimum atomic E-state index is 0.611. The number of nitriles is 1. The van der Waals surface area contributed by atoms with Gasteiger partial charge in [0.05, 0.1) is 24.8 Å². The minimum Gasteiger partial charge on any atom is -0.375 e. The van der Waals surface area contributed by atoms with Crippen LogP contribution in [0.25, 0.3) is 0 Å². The molecule has 1 aromatic carbocycles. The molecule has 1 aromatic rings. The first-order valence-electron chi connectivity index (χ1n) is 4.94. The maximum atomic E-state index is 8.62. The molecule has 15 heavy (non-hydrogen) atoms. The predicted octanol–water partition coefficient (Wildman–Crippen LogP) is 1.64. The van der Waals surface area contributed by atoms with Gasteiger partial charge in [0.2, 0.25) is 0 Å². The number of hydrogen-bond donors (Lipinski definition) is 0. The van der Waals surface area contributed by atoms with Crippen molar-refractivity contribution >= 4 is 0 Å². The topological polar surface area (TPSA) is 36.3 Å². The van der Waals surface area contributed by atoms with E-state index in [0.29, 0.717) is 12.2 Å². The highest BCUT2D eigenvalue weighted by molar-refractivity contribution is 5.31. The molecule has 0 spiro atoms. The summed E-state index contributed by atoms with van der Waals surface area (Å²) >= 11 is 0. The van der Waals surface area contributed by atoms with E-state index in [4.69, 9.17) is 10.00 Å². The average molecular weight is 204 g/mol. The van der Waals surface area contributed by atoms with Crippen LogP contribution in [-0.4, -0.2) is 32.1 Å². The van der Waals surface area contributed by atoms with Crippen LogP contribution in [0.5, 0.6) is 0 Å². The summed E-state index contributed by atoms with van der Waals surface area (Å²) in [6.45, 7) is 2.27. The second-order valence-electron chi connectivity index (χ2n) is 3.66. The summed E-state index contributed by atoms with van der Waals surface area (Å²) in [5.74, 6) is 0. The molecule has 0 radical (unpaired) electrons. The van der Waals surface area contributed by atoms with Gasteiger partial charge in [0.15, 0.2) is 0 Å². The molecule has 0 aromatic heterocycles. The maximum absolute atomic E-state index is 8.62. The van der Waals surface area contributed by atoms with Gasteiger partial charge in [-0.25, -0.2) is 0 Å². The van der Waals surface area contributed by atoms with E-state index >= 15 is 0 Å². The lowest BCUT2D eigenvalue weighted by molar-refractivity contribution is 0.105. The Kier molecular flexibility index (Phi) is 4.82. The van der Waals surface area contributed by atoms with Gasteiger partial charge in [-0.2, -0.15) is 5.26 Å². The first-order chi connectivity index (χ1) is 7.22. The van der Waals surface area contributed by atoms with E-state index in [2.05, 4.69) is 11.0 Å². The van der Waals surface area contributed by atoms with E-state index in [0.717, 1.165) is 18.7 Å². The van der Waals surface area contributed by atoms with Gasteiger partial charge in [0.25, 0.3) is 0 Å². The number of ether oxygens (including phenoxy) is 1. The molecule has 0 aliphatic heterocycles. The normalized spacial score (nSPS) is 10.3.